The van der Waals surface area contributed by atoms with E-state index in [1.807, 2.05) is 24.0 Å². The predicted molar refractivity (Wildman–Crippen MR) is 72.5 cm³/mol. The third kappa shape index (κ3) is 4.62. The van der Waals surface area contributed by atoms with Gasteiger partial charge in [0.15, 0.2) is 0 Å². The molecular formula is C14H19NO4. The average Bonchev–Trinajstić information content (AvgIpc) is 2.36. The molecule has 0 aromatic heterocycles. The Hall–Kier alpha value is -2.04. The minimum atomic E-state index is -0.861. The largest absolute Gasteiger partial charge is 0.481 e. The molecule has 1 aromatic carbocycles. The Morgan fingerprint density at radius 1 is 1.21 bits per heavy atom. The van der Waals surface area contributed by atoms with Crippen LogP contribution in [-0.4, -0.2) is 35.2 Å². The van der Waals surface area contributed by atoms with Crippen LogP contribution in [0, 0.1) is 5.92 Å². The van der Waals surface area contributed by atoms with Gasteiger partial charge in [-0.15, -0.1) is 0 Å². The molecule has 0 aliphatic carbocycles. The number of rotatable bonds is 7. The van der Waals surface area contributed by atoms with Crippen LogP contribution in [0.4, 0.5) is 5.69 Å². The lowest BCUT2D eigenvalue weighted by atomic mass is 10.1. The zero-order chi connectivity index (χ0) is 14.4. The molecular weight excluding hydrogens is 246 g/mol. The lowest BCUT2D eigenvalue weighted by Crippen LogP contribution is -2.31. The lowest BCUT2D eigenvalue weighted by molar-refractivity contribution is -0.141. The predicted octanol–water partition coefficient (Wildman–Crippen LogP) is 1.86. The number of carboxylic acids is 2. The third-order valence-corrected chi connectivity index (χ3v) is 2.95. The summed E-state index contributed by atoms with van der Waals surface area (Å²) in [6, 6.07) is 7.18. The number of hydrogen-bond acceptors (Lipinski definition) is 3. The fraction of sp³-hybridized carbons (Fsp3) is 0.429. The molecule has 0 saturated carbocycles. The van der Waals surface area contributed by atoms with Gasteiger partial charge in [0.2, 0.25) is 0 Å². The van der Waals surface area contributed by atoms with Crippen LogP contribution in [0.5, 0.6) is 0 Å². The fourth-order valence-corrected chi connectivity index (χ4v) is 1.82. The van der Waals surface area contributed by atoms with Crippen LogP contribution in [0.25, 0.3) is 0 Å². The van der Waals surface area contributed by atoms with Crippen LogP contribution in [-0.2, 0) is 16.0 Å². The normalized spacial score (nSPS) is 11.9. The minimum absolute atomic E-state index is 0.00205. The molecule has 5 heteroatoms. The van der Waals surface area contributed by atoms with Crippen LogP contribution in [0.2, 0.25) is 0 Å². The van der Waals surface area contributed by atoms with Gasteiger partial charge in [0.1, 0.15) is 0 Å². The Kier molecular flexibility index (Phi) is 5.36. The number of anilines is 1. The van der Waals surface area contributed by atoms with Crippen LogP contribution in [0.3, 0.4) is 0 Å². The maximum absolute atomic E-state index is 10.9. The summed E-state index contributed by atoms with van der Waals surface area (Å²) in [7, 11) is 0. The van der Waals surface area contributed by atoms with Gasteiger partial charge in [-0.3, -0.25) is 9.59 Å². The van der Waals surface area contributed by atoms with Crippen molar-refractivity contribution < 1.29 is 19.8 Å². The molecule has 0 amide bonds. The van der Waals surface area contributed by atoms with E-state index < -0.39 is 17.9 Å². The lowest BCUT2D eigenvalue weighted by Gasteiger charge is -2.25. The van der Waals surface area contributed by atoms with E-state index in [1.54, 1.807) is 19.1 Å². The minimum Gasteiger partial charge on any atom is -0.481 e. The fourth-order valence-electron chi connectivity index (χ4n) is 1.82. The molecule has 1 rings (SSSR count). The summed E-state index contributed by atoms with van der Waals surface area (Å²) in [6.07, 6.45) is -0.00205. The molecule has 0 aliphatic rings. The van der Waals surface area contributed by atoms with Crippen LogP contribution in [0.15, 0.2) is 24.3 Å². The maximum Gasteiger partial charge on any atom is 0.308 e. The summed E-state index contributed by atoms with van der Waals surface area (Å²) in [4.78, 5) is 23.4. The zero-order valence-corrected chi connectivity index (χ0v) is 11.2. The molecule has 0 bridgehead atoms. The Balaban J connectivity index is 2.76. The molecule has 0 heterocycles. The second-order valence-electron chi connectivity index (χ2n) is 4.51. The highest BCUT2D eigenvalue weighted by atomic mass is 16.4. The number of carboxylic acid groups (broad SMARTS) is 2. The topological polar surface area (TPSA) is 77.8 Å². The van der Waals surface area contributed by atoms with E-state index in [4.69, 9.17) is 10.2 Å². The number of hydrogen-bond donors (Lipinski definition) is 2. The van der Waals surface area contributed by atoms with E-state index in [0.717, 1.165) is 11.3 Å². The molecule has 0 radical (unpaired) electrons. The van der Waals surface area contributed by atoms with E-state index in [9.17, 15) is 9.59 Å². The molecule has 0 aliphatic heterocycles. The van der Waals surface area contributed by atoms with Gasteiger partial charge in [-0.2, -0.15) is 0 Å². The molecule has 0 spiro atoms. The van der Waals surface area contributed by atoms with Gasteiger partial charge in [0, 0.05) is 18.8 Å². The Morgan fingerprint density at radius 3 is 2.21 bits per heavy atom. The molecule has 0 fully saturated rings. The zero-order valence-electron chi connectivity index (χ0n) is 11.2. The van der Waals surface area contributed by atoms with Gasteiger partial charge in [-0.25, -0.2) is 0 Å². The number of nitrogens with zero attached hydrogens (tertiary/aromatic N) is 1. The molecule has 5 nitrogen and oxygen atoms in total. The van der Waals surface area contributed by atoms with Gasteiger partial charge < -0.3 is 15.1 Å². The SMILES string of the molecule is CCN(CC(C)C(=O)O)c1ccc(CC(=O)O)cc1. The highest BCUT2D eigenvalue weighted by molar-refractivity contribution is 5.71. The summed E-state index contributed by atoms with van der Waals surface area (Å²) in [5.41, 5.74) is 1.64. The van der Waals surface area contributed by atoms with Crippen molar-refractivity contribution in [3.63, 3.8) is 0 Å². The van der Waals surface area contributed by atoms with Gasteiger partial charge in [-0.1, -0.05) is 19.1 Å². The van der Waals surface area contributed by atoms with Crippen molar-refractivity contribution in [1.82, 2.24) is 0 Å². The van der Waals surface area contributed by atoms with Gasteiger partial charge >= 0.3 is 11.9 Å². The summed E-state index contributed by atoms with van der Waals surface area (Å²) in [5.74, 6) is -2.13. The second kappa shape index (κ2) is 6.78. The van der Waals surface area contributed by atoms with E-state index in [1.165, 1.54) is 0 Å². The highest BCUT2D eigenvalue weighted by Crippen LogP contribution is 2.17. The second-order valence-corrected chi connectivity index (χ2v) is 4.51. The molecule has 0 saturated heterocycles. The number of benzene rings is 1. The molecule has 1 unspecified atom stereocenters. The van der Waals surface area contributed by atoms with E-state index >= 15 is 0 Å². The molecule has 1 atom stereocenters. The molecule has 104 valence electrons. The Labute approximate surface area is 112 Å². The maximum atomic E-state index is 10.9. The van der Waals surface area contributed by atoms with E-state index in [2.05, 4.69) is 0 Å². The van der Waals surface area contributed by atoms with Crippen LogP contribution >= 0.6 is 0 Å². The van der Waals surface area contributed by atoms with Gasteiger partial charge in [0.25, 0.3) is 0 Å². The Morgan fingerprint density at radius 2 is 1.79 bits per heavy atom. The van der Waals surface area contributed by atoms with Crippen molar-refractivity contribution >= 4 is 17.6 Å². The average molecular weight is 265 g/mol. The first-order valence-corrected chi connectivity index (χ1v) is 6.22. The van der Waals surface area contributed by atoms with Crippen molar-refractivity contribution in [2.75, 3.05) is 18.0 Å². The van der Waals surface area contributed by atoms with Crippen molar-refractivity contribution in [3.05, 3.63) is 29.8 Å². The number of aliphatic carboxylic acids is 2. The number of carbonyl (C=O) groups is 2. The first-order valence-electron chi connectivity index (χ1n) is 6.22. The first kappa shape index (κ1) is 15.0. The van der Waals surface area contributed by atoms with E-state index in [-0.39, 0.29) is 6.42 Å². The van der Waals surface area contributed by atoms with E-state index in [0.29, 0.717) is 13.1 Å². The van der Waals surface area contributed by atoms with Gasteiger partial charge in [-0.05, 0) is 24.6 Å². The molecule has 1 aromatic rings. The van der Waals surface area contributed by atoms with Crippen molar-refractivity contribution in [3.8, 4) is 0 Å². The third-order valence-electron chi connectivity index (χ3n) is 2.95. The van der Waals surface area contributed by atoms with Crippen molar-refractivity contribution in [2.24, 2.45) is 5.92 Å². The highest BCUT2D eigenvalue weighted by Gasteiger charge is 2.15. The van der Waals surface area contributed by atoms with Crippen LogP contribution in [0.1, 0.15) is 19.4 Å². The smallest absolute Gasteiger partial charge is 0.308 e. The molecule has 19 heavy (non-hydrogen) atoms. The summed E-state index contributed by atoms with van der Waals surface area (Å²) < 4.78 is 0. The summed E-state index contributed by atoms with van der Waals surface area (Å²) in [6.45, 7) is 4.77. The standard InChI is InChI=1S/C14H19NO4/c1-3-15(9-10(2)14(18)19)12-6-4-11(5-7-12)8-13(16)17/h4-7,10H,3,8-9H2,1-2H3,(H,16,17)(H,18,19). The summed E-state index contributed by atoms with van der Waals surface area (Å²) >= 11 is 0. The monoisotopic (exact) mass is 265 g/mol. The quantitative estimate of drug-likeness (QED) is 0.786. The first-order chi connectivity index (χ1) is 8.93. The molecule has 2 N–H and O–H groups in total. The van der Waals surface area contributed by atoms with Crippen LogP contribution < -0.4 is 4.90 Å². The van der Waals surface area contributed by atoms with Crippen molar-refractivity contribution in [2.45, 2.75) is 20.3 Å². The summed E-state index contributed by atoms with van der Waals surface area (Å²) in [5, 5.41) is 17.6. The van der Waals surface area contributed by atoms with Gasteiger partial charge in [0.05, 0.1) is 12.3 Å². The van der Waals surface area contributed by atoms with Crippen molar-refractivity contribution in [1.29, 1.82) is 0 Å². The Bertz CT molecular complexity index is 441.